The molecule has 2 aromatic carbocycles. The van der Waals surface area contributed by atoms with Gasteiger partial charge in [0.2, 0.25) is 0 Å². The Morgan fingerprint density at radius 3 is 2.44 bits per heavy atom. The van der Waals surface area contributed by atoms with Crippen molar-refractivity contribution in [1.29, 1.82) is 0 Å². The number of benzene rings is 2. The van der Waals surface area contributed by atoms with Gasteiger partial charge in [-0.2, -0.15) is 0 Å². The van der Waals surface area contributed by atoms with Gasteiger partial charge in [-0.3, -0.25) is 4.79 Å². The van der Waals surface area contributed by atoms with Crippen LogP contribution in [0.2, 0.25) is 0 Å². The van der Waals surface area contributed by atoms with E-state index in [4.69, 9.17) is 9.47 Å². The van der Waals surface area contributed by atoms with Crippen LogP contribution in [0.25, 0.3) is 11.0 Å². The molecule has 0 saturated heterocycles. The fourth-order valence-electron chi connectivity index (χ4n) is 3.44. The van der Waals surface area contributed by atoms with Crippen molar-refractivity contribution in [3.63, 3.8) is 0 Å². The summed E-state index contributed by atoms with van der Waals surface area (Å²) in [5.41, 5.74) is 1.24. The second kappa shape index (κ2) is 8.55. The third kappa shape index (κ3) is 4.13. The van der Waals surface area contributed by atoms with Crippen LogP contribution in [0.4, 0.5) is 0 Å². The quantitative estimate of drug-likeness (QED) is 0.255. The maximum absolute atomic E-state index is 12.7. The maximum Gasteiger partial charge on any atom is 0.358 e. The molecule has 160 valence electrons. The maximum atomic E-state index is 12.7. The summed E-state index contributed by atoms with van der Waals surface area (Å²) in [4.78, 5) is 33.6. The molecule has 0 aliphatic heterocycles. The van der Waals surface area contributed by atoms with E-state index in [1.54, 1.807) is 24.3 Å². The van der Waals surface area contributed by atoms with E-state index in [1.807, 2.05) is 41.1 Å². The van der Waals surface area contributed by atoms with Crippen molar-refractivity contribution in [2.45, 2.75) is 18.9 Å². The molecule has 1 fully saturated rings. The predicted octanol–water partition coefficient (Wildman–Crippen LogP) is 5.36. The van der Waals surface area contributed by atoms with Crippen LogP contribution in [-0.4, -0.2) is 32.9 Å². The molecule has 5 rings (SSSR count). The predicted molar refractivity (Wildman–Crippen MR) is 121 cm³/mol. The largest absolute Gasteiger partial charge is 0.457 e. The van der Waals surface area contributed by atoms with Crippen LogP contribution in [0, 0.1) is 0 Å². The Morgan fingerprint density at radius 1 is 1.00 bits per heavy atom. The first-order valence-electron chi connectivity index (χ1n) is 10.1. The lowest BCUT2D eigenvalue weighted by Crippen LogP contribution is -2.15. The third-order valence-corrected chi connectivity index (χ3v) is 5.79. The average molecular weight is 492 g/mol. The molecule has 1 aliphatic carbocycles. The van der Waals surface area contributed by atoms with E-state index in [-0.39, 0.29) is 18.1 Å². The summed E-state index contributed by atoms with van der Waals surface area (Å²) in [6, 6.07) is 16.5. The first-order chi connectivity index (χ1) is 15.6. The van der Waals surface area contributed by atoms with Gasteiger partial charge in [0.1, 0.15) is 23.5 Å². The molecule has 4 aromatic rings. The Labute approximate surface area is 192 Å². The van der Waals surface area contributed by atoms with Crippen LogP contribution in [0.1, 0.15) is 39.7 Å². The topological polar surface area (TPSA) is 83.3 Å². The van der Waals surface area contributed by atoms with Crippen LogP contribution in [0.3, 0.4) is 0 Å². The zero-order chi connectivity index (χ0) is 22.1. The number of hydrogen-bond acceptors (Lipinski definition) is 6. The Kier molecular flexibility index (Phi) is 5.45. The normalized spacial score (nSPS) is 13.2. The van der Waals surface area contributed by atoms with E-state index in [1.165, 1.54) is 6.33 Å². The number of aromatic nitrogens is 3. The molecular weight excluding hydrogens is 474 g/mol. The van der Waals surface area contributed by atoms with E-state index in [0.717, 1.165) is 17.3 Å². The summed E-state index contributed by atoms with van der Waals surface area (Å²) < 4.78 is 13.8. The summed E-state index contributed by atoms with van der Waals surface area (Å²) in [6.45, 7) is -0.385. The Balaban J connectivity index is 1.26. The van der Waals surface area contributed by atoms with E-state index in [2.05, 4.69) is 25.9 Å². The number of esters is 1. The highest BCUT2D eigenvalue weighted by Crippen LogP contribution is 2.40. The molecule has 0 atom stereocenters. The lowest BCUT2D eigenvalue weighted by Gasteiger charge is -2.07. The summed E-state index contributed by atoms with van der Waals surface area (Å²) in [5.74, 6) is 0.338. The molecule has 1 aliphatic rings. The fraction of sp³-hybridized carbons (Fsp3) is 0.167. The number of rotatable bonds is 7. The number of ketones is 1. The number of Topliss-reactive ketones (excluding diaryl/α,β-unsaturated/α-hetero) is 1. The van der Waals surface area contributed by atoms with E-state index >= 15 is 0 Å². The standard InChI is InChI=1S/C24H18BrN3O4/c25-19-12-28(16-8-9-16)23-21(19)22(26-14-27-23)24(30)31-13-20(29)15-6-10-18(11-7-15)32-17-4-2-1-3-5-17/h1-7,10-12,14,16H,8-9,13H2. The van der Waals surface area contributed by atoms with Crippen LogP contribution in [0.5, 0.6) is 11.5 Å². The van der Waals surface area contributed by atoms with Crippen LogP contribution < -0.4 is 4.74 Å². The van der Waals surface area contributed by atoms with Gasteiger partial charge in [-0.15, -0.1) is 0 Å². The Hall–Kier alpha value is -3.52. The van der Waals surface area contributed by atoms with Crippen LogP contribution >= 0.6 is 15.9 Å². The number of halogens is 1. The third-order valence-electron chi connectivity index (χ3n) is 5.19. The Morgan fingerprint density at radius 2 is 1.72 bits per heavy atom. The first kappa shape index (κ1) is 20.4. The molecule has 7 nitrogen and oxygen atoms in total. The van der Waals surface area contributed by atoms with Crippen molar-refractivity contribution in [1.82, 2.24) is 14.5 Å². The molecule has 1 saturated carbocycles. The molecule has 0 spiro atoms. The highest BCUT2D eigenvalue weighted by molar-refractivity contribution is 9.10. The number of carbonyl (C=O) groups is 2. The van der Waals surface area contributed by atoms with Gasteiger partial charge in [0.05, 0.1) is 5.39 Å². The van der Waals surface area contributed by atoms with Gasteiger partial charge in [0, 0.05) is 22.3 Å². The van der Waals surface area contributed by atoms with Crippen LogP contribution in [-0.2, 0) is 4.74 Å². The molecule has 0 radical (unpaired) electrons. The molecule has 0 amide bonds. The fourth-order valence-corrected chi connectivity index (χ4v) is 4.03. The van der Waals surface area contributed by atoms with Gasteiger partial charge in [0.15, 0.2) is 18.1 Å². The summed E-state index contributed by atoms with van der Waals surface area (Å²) >= 11 is 3.49. The SMILES string of the molecule is O=C(COC(=O)c1ncnc2c1c(Br)cn2C1CC1)c1ccc(Oc2ccccc2)cc1. The van der Waals surface area contributed by atoms with Crippen molar-refractivity contribution in [2.75, 3.05) is 6.61 Å². The van der Waals surface area contributed by atoms with E-state index < -0.39 is 5.97 Å². The van der Waals surface area contributed by atoms with Gasteiger partial charge in [0.25, 0.3) is 0 Å². The van der Waals surface area contributed by atoms with Crippen molar-refractivity contribution in [2.24, 2.45) is 0 Å². The lowest BCUT2D eigenvalue weighted by molar-refractivity contribution is 0.0471. The number of carbonyl (C=O) groups excluding carboxylic acids is 2. The van der Waals surface area contributed by atoms with Gasteiger partial charge in [-0.25, -0.2) is 14.8 Å². The van der Waals surface area contributed by atoms with E-state index in [9.17, 15) is 9.59 Å². The monoisotopic (exact) mass is 491 g/mol. The van der Waals surface area contributed by atoms with Gasteiger partial charge in [-0.05, 0) is 65.2 Å². The van der Waals surface area contributed by atoms with Crippen molar-refractivity contribution in [3.8, 4) is 11.5 Å². The molecule has 2 aromatic heterocycles. The number of nitrogens with zero attached hydrogens (tertiary/aromatic N) is 3. The second-order valence-electron chi connectivity index (χ2n) is 7.48. The smallest absolute Gasteiger partial charge is 0.358 e. The lowest BCUT2D eigenvalue weighted by atomic mass is 10.1. The summed E-state index contributed by atoms with van der Waals surface area (Å²) in [5, 5.41) is 0.597. The minimum absolute atomic E-state index is 0.140. The number of para-hydroxylation sites is 1. The van der Waals surface area contributed by atoms with Crippen molar-refractivity contribution >= 4 is 38.7 Å². The summed E-state index contributed by atoms with van der Waals surface area (Å²) in [7, 11) is 0. The molecule has 32 heavy (non-hydrogen) atoms. The van der Waals surface area contributed by atoms with Gasteiger partial charge in [-0.1, -0.05) is 18.2 Å². The first-order valence-corrected chi connectivity index (χ1v) is 10.9. The molecular formula is C24H18BrN3O4. The number of ether oxygens (including phenoxy) is 2. The highest BCUT2D eigenvalue weighted by Gasteiger charge is 2.28. The highest BCUT2D eigenvalue weighted by atomic mass is 79.9. The minimum atomic E-state index is -0.663. The molecule has 0 bridgehead atoms. The molecule has 0 N–H and O–H groups in total. The van der Waals surface area contributed by atoms with Gasteiger partial charge < -0.3 is 14.0 Å². The zero-order valence-electron chi connectivity index (χ0n) is 16.9. The van der Waals surface area contributed by atoms with Crippen molar-refractivity contribution in [3.05, 3.63) is 82.9 Å². The average Bonchev–Trinajstić information content (AvgIpc) is 3.61. The number of fused-ring (bicyclic) bond motifs is 1. The van der Waals surface area contributed by atoms with Crippen LogP contribution in [0.15, 0.2) is 71.6 Å². The molecule has 0 unspecified atom stereocenters. The molecule has 2 heterocycles. The second-order valence-corrected chi connectivity index (χ2v) is 8.33. The van der Waals surface area contributed by atoms with Crippen molar-refractivity contribution < 1.29 is 19.1 Å². The zero-order valence-corrected chi connectivity index (χ0v) is 18.5. The van der Waals surface area contributed by atoms with Gasteiger partial charge >= 0.3 is 5.97 Å². The molecule has 8 heteroatoms. The number of hydrogen-bond donors (Lipinski definition) is 0. The summed E-state index contributed by atoms with van der Waals surface area (Å²) in [6.07, 6.45) is 5.43. The van der Waals surface area contributed by atoms with E-state index in [0.29, 0.717) is 34.1 Å². The Bertz CT molecular complexity index is 1300. The minimum Gasteiger partial charge on any atom is -0.457 e.